The Morgan fingerprint density at radius 1 is 1.57 bits per heavy atom. The molecule has 2 fully saturated rings. The summed E-state index contributed by atoms with van der Waals surface area (Å²) in [6, 6.07) is 0.107. The first-order chi connectivity index (χ1) is 6.70. The predicted octanol–water partition coefficient (Wildman–Crippen LogP) is 0.457. The average Bonchev–Trinajstić information content (AvgIpc) is 2.77. The quantitative estimate of drug-likeness (QED) is 0.671. The van der Waals surface area contributed by atoms with Crippen molar-refractivity contribution in [1.29, 1.82) is 0 Å². The van der Waals surface area contributed by atoms with Gasteiger partial charge in [-0.25, -0.2) is 0 Å². The van der Waals surface area contributed by atoms with Gasteiger partial charge in [-0.05, 0) is 26.2 Å². The van der Waals surface area contributed by atoms with Gasteiger partial charge >= 0.3 is 5.97 Å². The molecule has 2 rings (SSSR count). The van der Waals surface area contributed by atoms with Crippen LogP contribution >= 0.6 is 0 Å². The molecule has 4 atom stereocenters. The molecule has 2 aliphatic heterocycles. The largest absolute Gasteiger partial charge is 0.468 e. The van der Waals surface area contributed by atoms with Gasteiger partial charge in [0.25, 0.3) is 0 Å². The zero-order chi connectivity index (χ0) is 10.1. The molecule has 14 heavy (non-hydrogen) atoms. The summed E-state index contributed by atoms with van der Waals surface area (Å²) < 4.78 is 10.3. The number of esters is 1. The summed E-state index contributed by atoms with van der Waals surface area (Å²) in [6.07, 6.45) is 4.06. The number of nitrogens with one attached hydrogen (secondary N) is 1. The molecule has 0 aromatic rings. The molecule has 2 aliphatic rings. The second-order valence-corrected chi connectivity index (χ2v) is 4.13. The highest BCUT2D eigenvalue weighted by atomic mass is 16.5. The van der Waals surface area contributed by atoms with Crippen molar-refractivity contribution in [1.82, 2.24) is 5.32 Å². The maximum atomic E-state index is 11.2. The lowest BCUT2D eigenvalue weighted by Gasteiger charge is -2.23. The van der Waals surface area contributed by atoms with Crippen LogP contribution in [0.4, 0.5) is 0 Å². The van der Waals surface area contributed by atoms with Crippen LogP contribution < -0.4 is 5.32 Å². The fourth-order valence-electron chi connectivity index (χ4n) is 2.38. The van der Waals surface area contributed by atoms with Crippen LogP contribution in [0.1, 0.15) is 26.2 Å². The Morgan fingerprint density at radius 2 is 2.36 bits per heavy atom. The first kappa shape index (κ1) is 9.93. The van der Waals surface area contributed by atoms with Crippen molar-refractivity contribution in [2.24, 2.45) is 0 Å². The number of fused-ring (bicyclic) bond motifs is 2. The van der Waals surface area contributed by atoms with Crippen LogP contribution in [0, 0.1) is 0 Å². The van der Waals surface area contributed by atoms with Gasteiger partial charge in [-0.1, -0.05) is 0 Å². The molecule has 0 amide bonds. The molecule has 0 radical (unpaired) electrons. The standard InChI is InChI=1S/C10H17NO3/c1-6(10(12)13-2)11-8-5-7-3-4-9(8)14-7/h6-9,11H,3-5H2,1-2H3. The maximum absolute atomic E-state index is 11.2. The first-order valence-electron chi connectivity index (χ1n) is 5.20. The molecule has 4 nitrogen and oxygen atoms in total. The van der Waals surface area contributed by atoms with E-state index in [1.807, 2.05) is 6.92 Å². The Bertz CT molecular complexity index is 231. The van der Waals surface area contributed by atoms with E-state index in [4.69, 9.17) is 4.74 Å². The molecule has 2 heterocycles. The van der Waals surface area contributed by atoms with Crippen LogP contribution in [-0.2, 0) is 14.3 Å². The van der Waals surface area contributed by atoms with Gasteiger partial charge in [-0.3, -0.25) is 10.1 Å². The van der Waals surface area contributed by atoms with Crippen molar-refractivity contribution in [3.63, 3.8) is 0 Å². The summed E-state index contributed by atoms with van der Waals surface area (Å²) in [5.41, 5.74) is 0. The van der Waals surface area contributed by atoms with Gasteiger partial charge in [0.05, 0.1) is 19.3 Å². The first-order valence-corrected chi connectivity index (χ1v) is 5.20. The SMILES string of the molecule is COC(=O)C(C)NC1CC2CCC1O2. The number of methoxy groups -OCH3 is 1. The zero-order valence-corrected chi connectivity index (χ0v) is 8.66. The van der Waals surface area contributed by atoms with Crippen molar-refractivity contribution in [3.05, 3.63) is 0 Å². The van der Waals surface area contributed by atoms with E-state index in [-0.39, 0.29) is 12.0 Å². The number of hydrogen-bond acceptors (Lipinski definition) is 4. The fourth-order valence-corrected chi connectivity index (χ4v) is 2.38. The van der Waals surface area contributed by atoms with E-state index in [1.54, 1.807) is 0 Å². The van der Waals surface area contributed by atoms with Gasteiger partial charge in [0.1, 0.15) is 6.04 Å². The van der Waals surface area contributed by atoms with E-state index in [0.29, 0.717) is 18.2 Å². The van der Waals surface area contributed by atoms with Crippen molar-refractivity contribution >= 4 is 5.97 Å². The zero-order valence-electron chi connectivity index (χ0n) is 8.66. The van der Waals surface area contributed by atoms with Gasteiger partial charge in [0.15, 0.2) is 0 Å². The third kappa shape index (κ3) is 1.77. The molecule has 0 aromatic carbocycles. The monoisotopic (exact) mass is 199 g/mol. The van der Waals surface area contributed by atoms with E-state index in [1.165, 1.54) is 13.5 Å². The predicted molar refractivity (Wildman–Crippen MR) is 50.9 cm³/mol. The molecule has 0 spiro atoms. The summed E-state index contributed by atoms with van der Waals surface area (Å²) in [5.74, 6) is -0.201. The molecule has 4 heteroatoms. The van der Waals surface area contributed by atoms with Crippen LogP contribution in [0.5, 0.6) is 0 Å². The van der Waals surface area contributed by atoms with Gasteiger partial charge in [0.2, 0.25) is 0 Å². The topological polar surface area (TPSA) is 47.6 Å². The highest BCUT2D eigenvalue weighted by Crippen LogP contribution is 2.34. The minimum Gasteiger partial charge on any atom is -0.468 e. The van der Waals surface area contributed by atoms with E-state index in [9.17, 15) is 4.79 Å². The van der Waals surface area contributed by atoms with Gasteiger partial charge in [-0.15, -0.1) is 0 Å². The number of rotatable bonds is 3. The lowest BCUT2D eigenvalue weighted by Crippen LogP contribution is -2.46. The molecule has 0 aliphatic carbocycles. The summed E-state index contributed by atoms with van der Waals surface area (Å²) in [4.78, 5) is 11.2. The van der Waals surface area contributed by atoms with Gasteiger partial charge < -0.3 is 9.47 Å². The molecule has 4 unspecified atom stereocenters. The lowest BCUT2D eigenvalue weighted by atomic mass is 9.95. The minimum absolute atomic E-state index is 0.201. The Balaban J connectivity index is 1.83. The summed E-state index contributed by atoms with van der Waals surface area (Å²) in [5, 5.41) is 3.26. The van der Waals surface area contributed by atoms with Gasteiger partial charge in [0, 0.05) is 6.04 Å². The average molecular weight is 199 g/mol. The second-order valence-electron chi connectivity index (χ2n) is 4.13. The molecular weight excluding hydrogens is 182 g/mol. The Kier molecular flexibility index (Phi) is 2.74. The minimum atomic E-state index is -0.229. The molecule has 0 saturated carbocycles. The van der Waals surface area contributed by atoms with Crippen molar-refractivity contribution < 1.29 is 14.3 Å². The number of hydrogen-bond donors (Lipinski definition) is 1. The normalized spacial score (nSPS) is 37.1. The van der Waals surface area contributed by atoms with Crippen LogP contribution in [0.25, 0.3) is 0 Å². The number of ether oxygens (including phenoxy) is 2. The molecule has 80 valence electrons. The second kappa shape index (κ2) is 3.87. The Morgan fingerprint density at radius 3 is 2.86 bits per heavy atom. The van der Waals surface area contributed by atoms with Gasteiger partial charge in [-0.2, -0.15) is 0 Å². The summed E-state index contributed by atoms with van der Waals surface area (Å²) >= 11 is 0. The summed E-state index contributed by atoms with van der Waals surface area (Å²) in [7, 11) is 1.41. The highest BCUT2D eigenvalue weighted by Gasteiger charge is 2.41. The van der Waals surface area contributed by atoms with Crippen LogP contribution in [0.3, 0.4) is 0 Å². The molecule has 2 bridgehead atoms. The number of carbonyl (C=O) groups excluding carboxylic acids is 1. The van der Waals surface area contributed by atoms with E-state index in [2.05, 4.69) is 10.1 Å². The smallest absolute Gasteiger partial charge is 0.322 e. The van der Waals surface area contributed by atoms with Crippen LogP contribution in [0.15, 0.2) is 0 Å². The Hall–Kier alpha value is -0.610. The van der Waals surface area contributed by atoms with E-state index in [0.717, 1.165) is 12.8 Å². The summed E-state index contributed by atoms with van der Waals surface area (Å²) in [6.45, 7) is 1.83. The fraction of sp³-hybridized carbons (Fsp3) is 0.900. The van der Waals surface area contributed by atoms with Crippen molar-refractivity contribution in [2.75, 3.05) is 7.11 Å². The third-order valence-corrected chi connectivity index (χ3v) is 3.12. The van der Waals surface area contributed by atoms with Crippen molar-refractivity contribution in [2.45, 2.75) is 50.5 Å². The van der Waals surface area contributed by atoms with Crippen LogP contribution in [-0.4, -0.2) is 37.4 Å². The molecule has 1 N–H and O–H groups in total. The maximum Gasteiger partial charge on any atom is 0.322 e. The Labute approximate surface area is 84.0 Å². The van der Waals surface area contributed by atoms with E-state index < -0.39 is 0 Å². The number of carbonyl (C=O) groups is 1. The van der Waals surface area contributed by atoms with Crippen LogP contribution in [0.2, 0.25) is 0 Å². The molecule has 0 aromatic heterocycles. The molecule has 2 saturated heterocycles. The van der Waals surface area contributed by atoms with E-state index >= 15 is 0 Å². The van der Waals surface area contributed by atoms with Crippen molar-refractivity contribution in [3.8, 4) is 0 Å². The highest BCUT2D eigenvalue weighted by molar-refractivity contribution is 5.75. The third-order valence-electron chi connectivity index (χ3n) is 3.12. The molecular formula is C10H17NO3. The lowest BCUT2D eigenvalue weighted by molar-refractivity contribution is -0.142.